The van der Waals surface area contributed by atoms with Gasteiger partial charge in [0.25, 0.3) is 0 Å². The molecule has 0 amide bonds. The topological polar surface area (TPSA) is 38.2 Å². The van der Waals surface area contributed by atoms with E-state index in [1.54, 1.807) is 6.07 Å². The van der Waals surface area contributed by atoms with Crippen LogP contribution in [0.15, 0.2) is 54.6 Å². The lowest BCUT2D eigenvalue weighted by Crippen LogP contribution is -2.39. The van der Waals surface area contributed by atoms with Crippen LogP contribution in [0.3, 0.4) is 0 Å². The van der Waals surface area contributed by atoms with E-state index in [0.717, 1.165) is 16.6 Å². The van der Waals surface area contributed by atoms with Crippen molar-refractivity contribution in [3.8, 4) is 0 Å². The number of anilines is 1. The van der Waals surface area contributed by atoms with Gasteiger partial charge in [-0.1, -0.05) is 59.9 Å². The average molecular weight is 405 g/mol. The van der Waals surface area contributed by atoms with Crippen LogP contribution >= 0.6 is 11.3 Å². The van der Waals surface area contributed by atoms with E-state index in [-0.39, 0.29) is 5.56 Å². The van der Waals surface area contributed by atoms with E-state index in [4.69, 9.17) is 4.74 Å². The molecule has 8 heteroatoms. The molecule has 1 atom stereocenters. The van der Waals surface area contributed by atoms with Gasteiger partial charge in [-0.25, -0.2) is 0 Å². The second-order valence-corrected chi connectivity index (χ2v) is 7.57. The lowest BCUT2D eigenvalue weighted by atomic mass is 10.0. The van der Waals surface area contributed by atoms with Crippen LogP contribution in [-0.4, -0.2) is 29.9 Å². The van der Waals surface area contributed by atoms with Gasteiger partial charge in [0.1, 0.15) is 11.1 Å². The summed E-state index contributed by atoms with van der Waals surface area (Å²) in [5.41, 5.74) is 0.654. The third-order valence-corrected chi connectivity index (χ3v) is 5.59. The molecule has 4 rings (SSSR count). The fraction of sp³-hybridized carbons (Fsp3) is 0.300. The normalized spacial score (nSPS) is 17.7. The Labute approximate surface area is 164 Å². The van der Waals surface area contributed by atoms with Gasteiger partial charge in [-0.3, -0.25) is 0 Å². The second kappa shape index (κ2) is 7.89. The van der Waals surface area contributed by atoms with Gasteiger partial charge in [-0.2, -0.15) is 13.2 Å². The summed E-state index contributed by atoms with van der Waals surface area (Å²) in [5, 5.41) is 10.1. The number of hydrogen-bond acceptors (Lipinski definition) is 5. The highest BCUT2D eigenvalue weighted by Crippen LogP contribution is 2.37. The first-order valence-corrected chi connectivity index (χ1v) is 9.71. The van der Waals surface area contributed by atoms with Gasteiger partial charge in [-0.15, -0.1) is 10.2 Å². The standard InChI is InChI=1S/C20H18F3N3OS/c21-20(22,23)16-9-5-4-8-15(16)17-13-26(10-11-27-17)19-25-24-18(28-19)12-14-6-2-1-3-7-14/h1-9,17H,10-13H2. The Morgan fingerprint density at radius 3 is 2.57 bits per heavy atom. The molecular weight excluding hydrogens is 387 g/mol. The Morgan fingerprint density at radius 1 is 1.04 bits per heavy atom. The van der Waals surface area contributed by atoms with E-state index in [1.165, 1.54) is 23.5 Å². The summed E-state index contributed by atoms with van der Waals surface area (Å²) < 4.78 is 45.7. The van der Waals surface area contributed by atoms with Gasteiger partial charge in [0, 0.05) is 13.0 Å². The smallest absolute Gasteiger partial charge is 0.370 e. The third-order valence-electron chi connectivity index (χ3n) is 4.60. The number of halogens is 3. The van der Waals surface area contributed by atoms with E-state index in [2.05, 4.69) is 10.2 Å². The summed E-state index contributed by atoms with van der Waals surface area (Å²) >= 11 is 1.47. The van der Waals surface area contributed by atoms with E-state index in [1.807, 2.05) is 35.2 Å². The van der Waals surface area contributed by atoms with Gasteiger partial charge in [0.2, 0.25) is 5.13 Å². The lowest BCUT2D eigenvalue weighted by Gasteiger charge is -2.33. The van der Waals surface area contributed by atoms with Gasteiger partial charge in [0.05, 0.1) is 18.7 Å². The highest BCUT2D eigenvalue weighted by atomic mass is 32.1. The molecule has 1 saturated heterocycles. The number of morpholine rings is 1. The zero-order chi connectivity index (χ0) is 19.6. The summed E-state index contributed by atoms with van der Waals surface area (Å²) in [4.78, 5) is 1.95. The number of rotatable bonds is 4. The second-order valence-electron chi connectivity index (χ2n) is 6.53. The van der Waals surface area contributed by atoms with Crippen molar-refractivity contribution in [2.24, 2.45) is 0 Å². The van der Waals surface area contributed by atoms with Gasteiger partial charge < -0.3 is 9.64 Å². The Kier molecular flexibility index (Phi) is 5.32. The van der Waals surface area contributed by atoms with E-state index in [0.29, 0.717) is 31.2 Å². The summed E-state index contributed by atoms with van der Waals surface area (Å²) in [6.45, 7) is 1.22. The van der Waals surface area contributed by atoms with Crippen molar-refractivity contribution in [2.45, 2.75) is 18.7 Å². The monoisotopic (exact) mass is 405 g/mol. The summed E-state index contributed by atoms with van der Waals surface area (Å²) in [6, 6.07) is 15.5. The summed E-state index contributed by atoms with van der Waals surface area (Å²) in [5.74, 6) is 0. The minimum Gasteiger partial charge on any atom is -0.370 e. The van der Waals surface area contributed by atoms with Crippen LogP contribution in [0, 0.1) is 0 Å². The SMILES string of the molecule is FC(F)(F)c1ccccc1C1CN(c2nnc(Cc3ccccc3)s2)CCO1. The van der Waals surface area contributed by atoms with Crippen LogP contribution in [0.5, 0.6) is 0 Å². The van der Waals surface area contributed by atoms with Crippen molar-refractivity contribution in [2.75, 3.05) is 24.6 Å². The molecule has 1 fully saturated rings. The molecular formula is C20H18F3N3OS. The molecule has 3 aromatic rings. The molecule has 1 aliphatic heterocycles. The maximum atomic E-state index is 13.3. The molecule has 1 aliphatic rings. The molecule has 4 nitrogen and oxygen atoms in total. The van der Waals surface area contributed by atoms with Crippen LogP contribution in [0.4, 0.5) is 18.3 Å². The Bertz CT molecular complexity index is 930. The van der Waals surface area contributed by atoms with Gasteiger partial charge in [0.15, 0.2) is 0 Å². The number of aromatic nitrogens is 2. The fourth-order valence-corrected chi connectivity index (χ4v) is 4.17. The van der Waals surface area contributed by atoms with Crippen LogP contribution in [0.25, 0.3) is 0 Å². The van der Waals surface area contributed by atoms with Crippen molar-refractivity contribution < 1.29 is 17.9 Å². The molecule has 146 valence electrons. The molecule has 0 N–H and O–H groups in total. The quantitative estimate of drug-likeness (QED) is 0.629. The molecule has 0 bridgehead atoms. The summed E-state index contributed by atoms with van der Waals surface area (Å²) in [7, 11) is 0. The molecule has 0 spiro atoms. The third kappa shape index (κ3) is 4.18. The zero-order valence-electron chi connectivity index (χ0n) is 14.9. The lowest BCUT2D eigenvalue weighted by molar-refractivity contribution is -0.139. The van der Waals surface area contributed by atoms with Crippen LogP contribution in [0.1, 0.15) is 27.8 Å². The van der Waals surface area contributed by atoms with Crippen molar-refractivity contribution in [1.82, 2.24) is 10.2 Å². The predicted octanol–water partition coefficient (Wildman–Crippen LogP) is 4.73. The number of hydrogen-bond donors (Lipinski definition) is 0. The minimum absolute atomic E-state index is 0.161. The maximum absolute atomic E-state index is 13.3. The molecule has 28 heavy (non-hydrogen) atoms. The fourth-order valence-electron chi connectivity index (χ4n) is 3.26. The van der Waals surface area contributed by atoms with Crippen LogP contribution in [0.2, 0.25) is 0 Å². The van der Waals surface area contributed by atoms with Crippen molar-refractivity contribution in [3.63, 3.8) is 0 Å². The Balaban J connectivity index is 1.51. The first-order chi connectivity index (χ1) is 13.5. The minimum atomic E-state index is -4.41. The number of alkyl halides is 3. The maximum Gasteiger partial charge on any atom is 0.416 e. The zero-order valence-corrected chi connectivity index (χ0v) is 15.7. The van der Waals surface area contributed by atoms with Gasteiger partial charge in [-0.05, 0) is 17.2 Å². The number of nitrogens with zero attached hydrogens (tertiary/aromatic N) is 3. The van der Waals surface area contributed by atoms with E-state index < -0.39 is 17.8 Å². The molecule has 2 heterocycles. The predicted molar refractivity (Wildman–Crippen MR) is 102 cm³/mol. The number of ether oxygens (including phenoxy) is 1. The molecule has 0 saturated carbocycles. The first-order valence-electron chi connectivity index (χ1n) is 8.89. The van der Waals surface area contributed by atoms with Crippen molar-refractivity contribution >= 4 is 16.5 Å². The van der Waals surface area contributed by atoms with Crippen LogP contribution < -0.4 is 4.90 Å². The molecule has 2 aromatic carbocycles. The Hall–Kier alpha value is -2.45. The van der Waals surface area contributed by atoms with Crippen molar-refractivity contribution in [3.05, 3.63) is 76.3 Å². The Morgan fingerprint density at radius 2 is 1.79 bits per heavy atom. The van der Waals surface area contributed by atoms with E-state index in [9.17, 15) is 13.2 Å². The molecule has 0 aliphatic carbocycles. The van der Waals surface area contributed by atoms with E-state index >= 15 is 0 Å². The van der Waals surface area contributed by atoms with Crippen molar-refractivity contribution in [1.29, 1.82) is 0 Å². The van der Waals surface area contributed by atoms with Gasteiger partial charge >= 0.3 is 6.18 Å². The molecule has 0 radical (unpaired) electrons. The average Bonchev–Trinajstić information content (AvgIpc) is 3.17. The highest BCUT2D eigenvalue weighted by molar-refractivity contribution is 7.15. The first kappa shape index (κ1) is 18.9. The largest absolute Gasteiger partial charge is 0.416 e. The van der Waals surface area contributed by atoms with Crippen LogP contribution in [-0.2, 0) is 17.3 Å². The summed E-state index contributed by atoms with van der Waals surface area (Å²) in [6.07, 6.45) is -4.38. The highest BCUT2D eigenvalue weighted by Gasteiger charge is 2.36. The molecule has 1 aromatic heterocycles. The number of benzene rings is 2. The molecule has 1 unspecified atom stereocenters.